The first-order chi connectivity index (χ1) is 53.6. The molecule has 0 unspecified atom stereocenters. The van der Waals surface area contributed by atoms with Crippen LogP contribution in [0.3, 0.4) is 0 Å². The van der Waals surface area contributed by atoms with Crippen LogP contribution in [0.15, 0.2) is 376 Å². The standard InChI is InChI=1S/C100H62N8/c1-3-25-63(26-4-1)84-62-85(64-27-5-2-6-28-64)102-100(101-84)65-47-52-95(108-98-55-50-68(105-90-42-20-11-33-74(90)75-34-12-21-43-91(75)105)60-82(98)83-61-69(51-56-99(83)108)106-92-44-22-13-35-76(92)77-36-14-23-45-93(77)106)79(57-65)78-37-15-24-46-94(78)107-96-53-48-66(103-86-38-16-7-29-70(86)71-30-8-17-39-87(71)103)58-80(96)81-59-67(49-54-97(81)107)104-88-40-18-9-31-72(88)73-32-10-19-41-89(73)104/h1-62H. The van der Waals surface area contributed by atoms with E-state index in [-0.39, 0.29) is 0 Å². The fourth-order valence-electron chi connectivity index (χ4n) is 17.9. The molecule has 108 heavy (non-hydrogen) atoms. The molecule has 23 rings (SSSR count). The van der Waals surface area contributed by atoms with Crippen molar-refractivity contribution < 1.29 is 0 Å². The van der Waals surface area contributed by atoms with Gasteiger partial charge in [0.2, 0.25) is 0 Å². The van der Waals surface area contributed by atoms with Crippen LogP contribution in [-0.2, 0) is 0 Å². The highest BCUT2D eigenvalue weighted by Gasteiger charge is 2.26. The van der Waals surface area contributed by atoms with Crippen LogP contribution in [0.25, 0.3) is 210 Å². The third-order valence-electron chi connectivity index (χ3n) is 22.6. The van der Waals surface area contributed by atoms with Crippen molar-refractivity contribution in [3.63, 3.8) is 0 Å². The lowest BCUT2D eigenvalue weighted by atomic mass is 9.97. The molecule has 8 nitrogen and oxygen atoms in total. The summed E-state index contributed by atoms with van der Waals surface area (Å²) in [6, 6.07) is 138. The Hall–Kier alpha value is -14.6. The van der Waals surface area contributed by atoms with Crippen LogP contribution in [0.2, 0.25) is 0 Å². The number of fused-ring (bicyclic) bond motifs is 18. The van der Waals surface area contributed by atoms with E-state index >= 15 is 0 Å². The van der Waals surface area contributed by atoms with E-state index in [1.807, 2.05) is 0 Å². The molecule has 0 aliphatic heterocycles. The van der Waals surface area contributed by atoms with Crippen LogP contribution in [-0.4, -0.2) is 37.4 Å². The van der Waals surface area contributed by atoms with Gasteiger partial charge >= 0.3 is 0 Å². The first-order valence-corrected chi connectivity index (χ1v) is 37.0. The molecule has 8 heteroatoms. The van der Waals surface area contributed by atoms with Crippen molar-refractivity contribution in [3.05, 3.63) is 376 Å². The van der Waals surface area contributed by atoms with Crippen molar-refractivity contribution in [1.82, 2.24) is 37.4 Å². The van der Waals surface area contributed by atoms with Gasteiger partial charge in [-0.05, 0) is 152 Å². The van der Waals surface area contributed by atoms with Crippen molar-refractivity contribution in [1.29, 1.82) is 0 Å². The molecule has 0 radical (unpaired) electrons. The van der Waals surface area contributed by atoms with Gasteiger partial charge in [0.1, 0.15) is 0 Å². The lowest BCUT2D eigenvalue weighted by Gasteiger charge is -2.20. The van der Waals surface area contributed by atoms with Gasteiger partial charge in [-0.15, -0.1) is 0 Å². The number of para-hydroxylation sites is 9. The Balaban J connectivity index is 0.814. The predicted octanol–water partition coefficient (Wildman–Crippen LogP) is 25.7. The second-order valence-corrected chi connectivity index (χ2v) is 28.4. The van der Waals surface area contributed by atoms with Crippen LogP contribution in [0, 0.1) is 0 Å². The first-order valence-electron chi connectivity index (χ1n) is 37.0. The molecule has 0 amide bonds. The zero-order valence-electron chi connectivity index (χ0n) is 58.4. The second-order valence-electron chi connectivity index (χ2n) is 28.4. The van der Waals surface area contributed by atoms with E-state index in [1.54, 1.807) is 0 Å². The molecule has 0 atom stereocenters. The molecule has 0 bridgehead atoms. The molecular weight excluding hydrogens is 1310 g/mol. The number of rotatable bonds is 10. The van der Waals surface area contributed by atoms with Gasteiger partial charge in [-0.1, -0.05) is 224 Å². The maximum atomic E-state index is 5.54. The van der Waals surface area contributed by atoms with Gasteiger partial charge < -0.3 is 27.4 Å². The fourth-order valence-corrected chi connectivity index (χ4v) is 17.9. The summed E-state index contributed by atoms with van der Waals surface area (Å²) in [5, 5.41) is 14.3. The molecule has 0 fully saturated rings. The van der Waals surface area contributed by atoms with Crippen LogP contribution in [0.1, 0.15) is 0 Å². The molecule has 23 aromatic rings. The highest BCUT2D eigenvalue weighted by molar-refractivity contribution is 6.17. The number of aromatic nitrogens is 8. The quantitative estimate of drug-likeness (QED) is 0.137. The van der Waals surface area contributed by atoms with E-state index < -0.39 is 0 Å². The van der Waals surface area contributed by atoms with Crippen LogP contribution < -0.4 is 0 Å². The van der Waals surface area contributed by atoms with Gasteiger partial charge in [-0.3, -0.25) is 0 Å². The van der Waals surface area contributed by atoms with Crippen molar-refractivity contribution in [2.24, 2.45) is 0 Å². The average molecular weight is 1380 g/mol. The van der Waals surface area contributed by atoms with Gasteiger partial charge in [0, 0.05) is 115 Å². The summed E-state index contributed by atoms with van der Waals surface area (Å²) in [6.45, 7) is 0. The maximum absolute atomic E-state index is 5.54. The summed E-state index contributed by atoms with van der Waals surface area (Å²) >= 11 is 0. The zero-order valence-corrected chi connectivity index (χ0v) is 58.4. The molecule has 0 saturated carbocycles. The maximum Gasteiger partial charge on any atom is 0.160 e. The summed E-state index contributed by atoms with van der Waals surface area (Å²) in [7, 11) is 0. The molecule has 0 spiro atoms. The Morgan fingerprint density at radius 1 is 0.157 bits per heavy atom. The lowest BCUT2D eigenvalue weighted by molar-refractivity contribution is 1.14. The van der Waals surface area contributed by atoms with Crippen LogP contribution >= 0.6 is 0 Å². The predicted molar refractivity (Wildman–Crippen MR) is 450 cm³/mol. The Kier molecular flexibility index (Phi) is 13.0. The molecule has 0 saturated heterocycles. The molecule has 0 aliphatic rings. The minimum absolute atomic E-state index is 0.626. The number of benzene rings is 16. The Labute approximate surface area is 619 Å². The van der Waals surface area contributed by atoms with E-state index in [0.717, 1.165) is 161 Å². The normalized spacial score (nSPS) is 12.1. The van der Waals surface area contributed by atoms with Gasteiger partial charge in [-0.2, -0.15) is 0 Å². The minimum atomic E-state index is 0.626. The Bertz CT molecular complexity index is 7070. The summed E-state index contributed by atoms with van der Waals surface area (Å²) in [4.78, 5) is 11.1. The monoisotopic (exact) mass is 1370 g/mol. The summed E-state index contributed by atoms with van der Waals surface area (Å²) in [5.74, 6) is 0.626. The molecule has 16 aromatic carbocycles. The number of hydrogen-bond acceptors (Lipinski definition) is 2. The fraction of sp³-hybridized carbons (Fsp3) is 0. The SMILES string of the molecule is c1ccc(-c2cc(-c3ccccc3)nc(-c3ccc(-n4c5ccc(-n6c7ccccc7c7ccccc76)cc5c5cc(-n6c7ccccc7c7ccccc76)ccc54)c(-c4ccccc4-n4c5ccc(-n6c7ccccc7c7ccccc76)cc5c5cc(-n6c7ccccc7c7ccccc76)ccc54)c3)n2)cc1. The molecule has 7 aromatic heterocycles. The van der Waals surface area contributed by atoms with Crippen molar-refractivity contribution in [2.75, 3.05) is 0 Å². The van der Waals surface area contributed by atoms with Gasteiger partial charge in [0.15, 0.2) is 5.82 Å². The largest absolute Gasteiger partial charge is 0.309 e. The van der Waals surface area contributed by atoms with Gasteiger partial charge in [0.25, 0.3) is 0 Å². The van der Waals surface area contributed by atoms with Crippen molar-refractivity contribution >= 4 is 131 Å². The highest BCUT2D eigenvalue weighted by Crippen LogP contribution is 2.47. The Morgan fingerprint density at radius 3 is 0.731 bits per heavy atom. The molecule has 502 valence electrons. The Morgan fingerprint density at radius 2 is 0.417 bits per heavy atom. The second kappa shape index (κ2) is 23.5. The average Bonchev–Trinajstić information content (AvgIpc) is 1.56. The minimum Gasteiger partial charge on any atom is -0.309 e. The van der Waals surface area contributed by atoms with Gasteiger partial charge in [-0.25, -0.2) is 9.97 Å². The van der Waals surface area contributed by atoms with E-state index in [1.165, 1.54) is 43.1 Å². The molecule has 7 heterocycles. The zero-order chi connectivity index (χ0) is 70.7. The van der Waals surface area contributed by atoms with Crippen molar-refractivity contribution in [3.8, 4) is 79.2 Å². The summed E-state index contributed by atoms with van der Waals surface area (Å²) < 4.78 is 14.8. The first kappa shape index (κ1) is 59.9. The van der Waals surface area contributed by atoms with Crippen molar-refractivity contribution in [2.45, 2.75) is 0 Å². The van der Waals surface area contributed by atoms with Crippen LogP contribution in [0.5, 0.6) is 0 Å². The third-order valence-corrected chi connectivity index (χ3v) is 22.6. The summed E-state index contributed by atoms with van der Waals surface area (Å²) in [5.41, 5.74) is 26.6. The molecule has 0 N–H and O–H groups in total. The topological polar surface area (TPSA) is 55.4 Å². The third kappa shape index (κ3) is 8.92. The summed E-state index contributed by atoms with van der Waals surface area (Å²) in [6.07, 6.45) is 0. The van der Waals surface area contributed by atoms with Crippen LogP contribution in [0.4, 0.5) is 0 Å². The van der Waals surface area contributed by atoms with Gasteiger partial charge in [0.05, 0.1) is 89.0 Å². The molecular formula is C100H62N8. The van der Waals surface area contributed by atoms with E-state index in [2.05, 4.69) is 404 Å². The van der Waals surface area contributed by atoms with E-state index in [9.17, 15) is 0 Å². The van der Waals surface area contributed by atoms with E-state index in [0.29, 0.717) is 5.82 Å². The number of nitrogens with zero attached hydrogens (tertiary/aromatic N) is 8. The highest BCUT2D eigenvalue weighted by atomic mass is 15.0. The smallest absolute Gasteiger partial charge is 0.160 e. The number of hydrogen-bond donors (Lipinski definition) is 0. The molecule has 0 aliphatic carbocycles. The lowest BCUT2D eigenvalue weighted by Crippen LogP contribution is -2.03. The van der Waals surface area contributed by atoms with E-state index in [4.69, 9.17) is 9.97 Å².